The summed E-state index contributed by atoms with van der Waals surface area (Å²) < 4.78 is 0. The molecule has 70 valence electrons. The standard InChI is InChI=1S/C10H18O2/c1-10(9(12)5-8-11)6-3-2-4-7-10/h2-3,9,11-12H,4-8H2,1H3. The highest BCUT2D eigenvalue weighted by molar-refractivity contribution is 4.98. The lowest BCUT2D eigenvalue weighted by atomic mass is 9.73. The number of rotatable bonds is 3. The number of aliphatic hydroxyl groups is 2. The van der Waals surface area contributed by atoms with E-state index in [9.17, 15) is 5.11 Å². The van der Waals surface area contributed by atoms with Crippen LogP contribution in [0.3, 0.4) is 0 Å². The van der Waals surface area contributed by atoms with Gasteiger partial charge in [-0.15, -0.1) is 0 Å². The van der Waals surface area contributed by atoms with Crippen LogP contribution in [0.2, 0.25) is 0 Å². The molecule has 1 rings (SSSR count). The molecule has 0 saturated heterocycles. The minimum atomic E-state index is -0.354. The Hall–Kier alpha value is -0.340. The number of aliphatic hydroxyl groups excluding tert-OH is 2. The maximum Gasteiger partial charge on any atom is 0.0618 e. The van der Waals surface area contributed by atoms with E-state index in [0.29, 0.717) is 6.42 Å². The van der Waals surface area contributed by atoms with Gasteiger partial charge in [-0.05, 0) is 31.1 Å². The lowest BCUT2D eigenvalue weighted by Gasteiger charge is -2.35. The van der Waals surface area contributed by atoms with Gasteiger partial charge in [0, 0.05) is 6.61 Å². The van der Waals surface area contributed by atoms with Gasteiger partial charge >= 0.3 is 0 Å². The van der Waals surface area contributed by atoms with Crippen LogP contribution in [0.5, 0.6) is 0 Å². The first-order chi connectivity index (χ1) is 5.69. The maximum absolute atomic E-state index is 9.74. The second-order valence-electron chi connectivity index (χ2n) is 3.90. The normalized spacial score (nSPS) is 31.9. The van der Waals surface area contributed by atoms with Crippen LogP contribution in [0.15, 0.2) is 12.2 Å². The zero-order valence-corrected chi connectivity index (χ0v) is 7.66. The quantitative estimate of drug-likeness (QED) is 0.630. The molecule has 0 bridgehead atoms. The molecule has 0 amide bonds. The van der Waals surface area contributed by atoms with Crippen molar-refractivity contribution >= 4 is 0 Å². The molecule has 0 aromatic heterocycles. The summed E-state index contributed by atoms with van der Waals surface area (Å²) in [5, 5.41) is 18.4. The molecule has 1 aliphatic rings. The predicted molar refractivity (Wildman–Crippen MR) is 48.8 cm³/mol. The lowest BCUT2D eigenvalue weighted by molar-refractivity contribution is 0.0123. The van der Waals surface area contributed by atoms with Gasteiger partial charge in [0.15, 0.2) is 0 Å². The van der Waals surface area contributed by atoms with Gasteiger partial charge in [0.05, 0.1) is 6.10 Å². The highest BCUT2D eigenvalue weighted by atomic mass is 16.3. The average molecular weight is 170 g/mol. The Balaban J connectivity index is 2.51. The van der Waals surface area contributed by atoms with Crippen molar-refractivity contribution in [1.29, 1.82) is 0 Å². The Morgan fingerprint density at radius 2 is 2.25 bits per heavy atom. The summed E-state index contributed by atoms with van der Waals surface area (Å²) in [6, 6.07) is 0. The Morgan fingerprint density at radius 3 is 2.75 bits per heavy atom. The van der Waals surface area contributed by atoms with Gasteiger partial charge in [-0.2, -0.15) is 0 Å². The van der Waals surface area contributed by atoms with E-state index in [1.165, 1.54) is 0 Å². The van der Waals surface area contributed by atoms with E-state index in [1.54, 1.807) is 0 Å². The van der Waals surface area contributed by atoms with Gasteiger partial charge in [-0.3, -0.25) is 0 Å². The summed E-state index contributed by atoms with van der Waals surface area (Å²) in [6.07, 6.45) is 7.46. The topological polar surface area (TPSA) is 40.5 Å². The van der Waals surface area contributed by atoms with E-state index < -0.39 is 0 Å². The minimum absolute atomic E-state index is 0.00250. The summed E-state index contributed by atoms with van der Waals surface area (Å²) in [5.41, 5.74) is -0.00250. The fraction of sp³-hybridized carbons (Fsp3) is 0.800. The van der Waals surface area contributed by atoms with Crippen molar-refractivity contribution in [3.8, 4) is 0 Å². The molecule has 2 unspecified atom stereocenters. The molecule has 0 aromatic rings. The second kappa shape index (κ2) is 4.06. The van der Waals surface area contributed by atoms with Crippen LogP contribution >= 0.6 is 0 Å². The zero-order valence-electron chi connectivity index (χ0n) is 7.66. The van der Waals surface area contributed by atoms with Gasteiger partial charge in [0.25, 0.3) is 0 Å². The van der Waals surface area contributed by atoms with Crippen molar-refractivity contribution in [2.45, 2.75) is 38.7 Å². The van der Waals surface area contributed by atoms with Crippen molar-refractivity contribution < 1.29 is 10.2 Å². The molecule has 0 saturated carbocycles. The van der Waals surface area contributed by atoms with Gasteiger partial charge in [-0.1, -0.05) is 19.1 Å². The molecule has 0 aromatic carbocycles. The highest BCUT2D eigenvalue weighted by Crippen LogP contribution is 2.36. The molecule has 2 N–H and O–H groups in total. The Labute approximate surface area is 73.9 Å². The van der Waals surface area contributed by atoms with Gasteiger partial charge in [-0.25, -0.2) is 0 Å². The summed E-state index contributed by atoms with van der Waals surface area (Å²) in [5.74, 6) is 0. The Bertz CT molecular complexity index is 165. The number of hydrogen-bond acceptors (Lipinski definition) is 2. The van der Waals surface area contributed by atoms with Gasteiger partial charge < -0.3 is 10.2 Å². The Morgan fingerprint density at radius 1 is 1.50 bits per heavy atom. The minimum Gasteiger partial charge on any atom is -0.396 e. The molecular formula is C10H18O2. The molecule has 0 spiro atoms. The van der Waals surface area contributed by atoms with E-state index in [-0.39, 0.29) is 18.1 Å². The smallest absolute Gasteiger partial charge is 0.0618 e. The van der Waals surface area contributed by atoms with Gasteiger partial charge in [0.1, 0.15) is 0 Å². The van der Waals surface area contributed by atoms with Crippen LogP contribution in [0.1, 0.15) is 32.6 Å². The van der Waals surface area contributed by atoms with Crippen LogP contribution in [-0.2, 0) is 0 Å². The number of allylic oxidation sites excluding steroid dienone is 2. The van der Waals surface area contributed by atoms with Crippen molar-refractivity contribution in [2.24, 2.45) is 5.41 Å². The lowest BCUT2D eigenvalue weighted by Crippen LogP contribution is -2.33. The first kappa shape index (κ1) is 9.75. The fourth-order valence-corrected chi connectivity index (χ4v) is 1.76. The van der Waals surface area contributed by atoms with Gasteiger partial charge in [0.2, 0.25) is 0 Å². The summed E-state index contributed by atoms with van der Waals surface area (Å²) in [4.78, 5) is 0. The first-order valence-corrected chi connectivity index (χ1v) is 4.63. The molecule has 2 nitrogen and oxygen atoms in total. The third kappa shape index (κ3) is 2.08. The molecule has 1 aliphatic carbocycles. The summed E-state index contributed by atoms with van der Waals surface area (Å²) in [6.45, 7) is 2.18. The van der Waals surface area contributed by atoms with Crippen LogP contribution in [0.4, 0.5) is 0 Å². The van der Waals surface area contributed by atoms with E-state index in [2.05, 4.69) is 19.1 Å². The van der Waals surface area contributed by atoms with Crippen molar-refractivity contribution in [1.82, 2.24) is 0 Å². The molecular weight excluding hydrogens is 152 g/mol. The van der Waals surface area contributed by atoms with E-state index in [1.807, 2.05) is 0 Å². The third-order valence-electron chi connectivity index (χ3n) is 2.84. The fourth-order valence-electron chi connectivity index (χ4n) is 1.76. The predicted octanol–water partition coefficient (Wildman–Crippen LogP) is 1.48. The zero-order chi connectivity index (χ0) is 9.03. The molecule has 0 aliphatic heterocycles. The summed E-state index contributed by atoms with van der Waals surface area (Å²) in [7, 11) is 0. The van der Waals surface area contributed by atoms with E-state index >= 15 is 0 Å². The third-order valence-corrected chi connectivity index (χ3v) is 2.84. The molecule has 0 heterocycles. The molecule has 2 heteroatoms. The first-order valence-electron chi connectivity index (χ1n) is 4.63. The van der Waals surface area contributed by atoms with Crippen molar-refractivity contribution in [3.05, 3.63) is 12.2 Å². The van der Waals surface area contributed by atoms with Crippen LogP contribution in [0, 0.1) is 5.41 Å². The van der Waals surface area contributed by atoms with Crippen molar-refractivity contribution in [3.63, 3.8) is 0 Å². The van der Waals surface area contributed by atoms with Crippen LogP contribution in [-0.4, -0.2) is 22.9 Å². The SMILES string of the molecule is CC1(C(O)CCO)CC=CCC1. The van der Waals surface area contributed by atoms with Crippen LogP contribution in [0.25, 0.3) is 0 Å². The molecule has 0 radical (unpaired) electrons. The second-order valence-corrected chi connectivity index (χ2v) is 3.90. The molecule has 2 atom stereocenters. The Kier molecular flexibility index (Phi) is 3.29. The van der Waals surface area contributed by atoms with E-state index in [0.717, 1.165) is 19.3 Å². The maximum atomic E-state index is 9.74. The monoisotopic (exact) mass is 170 g/mol. The van der Waals surface area contributed by atoms with E-state index in [4.69, 9.17) is 5.11 Å². The van der Waals surface area contributed by atoms with Crippen molar-refractivity contribution in [2.75, 3.05) is 6.61 Å². The number of hydrogen-bond donors (Lipinski definition) is 2. The highest BCUT2D eigenvalue weighted by Gasteiger charge is 2.31. The molecule has 0 fully saturated rings. The largest absolute Gasteiger partial charge is 0.396 e. The average Bonchev–Trinajstić information content (AvgIpc) is 2.06. The van der Waals surface area contributed by atoms with Crippen LogP contribution < -0.4 is 0 Å². The summed E-state index contributed by atoms with van der Waals surface area (Å²) >= 11 is 0. The molecule has 12 heavy (non-hydrogen) atoms.